The lowest BCUT2D eigenvalue weighted by molar-refractivity contribution is 0.254. The van der Waals surface area contributed by atoms with Crippen molar-refractivity contribution in [2.75, 3.05) is 14.2 Å². The number of guanidine groups is 1. The van der Waals surface area contributed by atoms with Crippen LogP contribution < -0.4 is 20.1 Å². The van der Waals surface area contributed by atoms with E-state index in [2.05, 4.69) is 40.5 Å². The van der Waals surface area contributed by atoms with Crippen molar-refractivity contribution in [2.24, 2.45) is 4.99 Å². The molecule has 7 nitrogen and oxygen atoms in total. The van der Waals surface area contributed by atoms with Crippen LogP contribution in [0.3, 0.4) is 0 Å². The van der Waals surface area contributed by atoms with Crippen LogP contribution in [0, 0.1) is 6.92 Å². The summed E-state index contributed by atoms with van der Waals surface area (Å²) in [7, 11) is 3.42. The van der Waals surface area contributed by atoms with E-state index in [9.17, 15) is 0 Å². The van der Waals surface area contributed by atoms with Gasteiger partial charge in [0.1, 0.15) is 23.9 Å². The number of hydrogen-bond acceptors (Lipinski definition) is 5. The molecule has 0 fully saturated rings. The summed E-state index contributed by atoms with van der Waals surface area (Å²) in [5, 5.41) is 6.59. The first-order chi connectivity index (χ1) is 15.1. The highest BCUT2D eigenvalue weighted by Gasteiger charge is 2.21. The fourth-order valence-electron chi connectivity index (χ4n) is 3.60. The lowest BCUT2D eigenvalue weighted by Gasteiger charge is -2.14. The Bertz CT molecular complexity index is 1070. The molecule has 0 saturated heterocycles. The van der Waals surface area contributed by atoms with Crippen molar-refractivity contribution < 1.29 is 13.9 Å². The molecule has 7 heteroatoms. The van der Waals surface area contributed by atoms with E-state index < -0.39 is 0 Å². The molecule has 1 unspecified atom stereocenters. The molecule has 0 saturated carbocycles. The van der Waals surface area contributed by atoms with E-state index in [4.69, 9.17) is 13.9 Å². The molecule has 2 N–H and O–H groups in total. The molecular weight excluding hydrogens is 392 g/mol. The highest BCUT2D eigenvalue weighted by atomic mass is 16.5. The highest BCUT2D eigenvalue weighted by molar-refractivity contribution is 5.79. The second-order valence-corrected chi connectivity index (χ2v) is 7.69. The van der Waals surface area contributed by atoms with Gasteiger partial charge in [-0.05, 0) is 38.1 Å². The van der Waals surface area contributed by atoms with Crippen LogP contribution >= 0.6 is 0 Å². The fourth-order valence-corrected chi connectivity index (χ4v) is 3.60. The largest absolute Gasteiger partial charge is 0.496 e. The number of aliphatic imine (C=N–C) groups is 1. The van der Waals surface area contributed by atoms with E-state index in [0.29, 0.717) is 24.9 Å². The first kappa shape index (κ1) is 20.8. The average molecular weight is 421 g/mol. The maximum atomic E-state index is 5.88. The second kappa shape index (κ2) is 9.12. The van der Waals surface area contributed by atoms with Gasteiger partial charge in [-0.2, -0.15) is 0 Å². The Morgan fingerprint density at radius 2 is 1.97 bits per heavy atom. The lowest BCUT2D eigenvalue weighted by Crippen LogP contribution is -2.36. The Hall–Kier alpha value is -3.48. The summed E-state index contributed by atoms with van der Waals surface area (Å²) in [4.78, 5) is 8.86. The molecule has 1 atom stereocenters. The van der Waals surface area contributed by atoms with Crippen LogP contribution in [0.5, 0.6) is 11.5 Å². The highest BCUT2D eigenvalue weighted by Crippen LogP contribution is 2.34. The van der Waals surface area contributed by atoms with Crippen LogP contribution in [0.2, 0.25) is 0 Å². The predicted octanol–water partition coefficient (Wildman–Crippen LogP) is 3.85. The van der Waals surface area contributed by atoms with Gasteiger partial charge in [0.05, 0.1) is 19.3 Å². The fraction of sp³-hybridized carbons (Fsp3) is 0.333. The average Bonchev–Trinajstić information content (AvgIpc) is 3.39. The SMILES string of the molecule is CN=C(NCc1coc(-c2ccc(C)cc2)n1)NCc1cc2c(cc1OC)CC(C)O2. The molecule has 0 amide bonds. The molecule has 162 valence electrons. The van der Waals surface area contributed by atoms with Gasteiger partial charge in [0, 0.05) is 36.7 Å². The van der Waals surface area contributed by atoms with E-state index in [1.165, 1.54) is 11.1 Å². The minimum Gasteiger partial charge on any atom is -0.496 e. The minimum absolute atomic E-state index is 0.199. The molecule has 1 aromatic heterocycles. The Balaban J connectivity index is 1.36. The number of aromatic nitrogens is 1. The van der Waals surface area contributed by atoms with E-state index in [1.54, 1.807) is 20.4 Å². The minimum atomic E-state index is 0.199. The van der Waals surface area contributed by atoms with Crippen molar-refractivity contribution in [1.29, 1.82) is 0 Å². The number of fused-ring (bicyclic) bond motifs is 1. The van der Waals surface area contributed by atoms with E-state index in [0.717, 1.165) is 34.7 Å². The van der Waals surface area contributed by atoms with Crippen molar-refractivity contribution in [3.63, 3.8) is 0 Å². The summed E-state index contributed by atoms with van der Waals surface area (Å²) in [5.74, 6) is 3.05. The first-order valence-corrected chi connectivity index (χ1v) is 10.4. The number of rotatable bonds is 6. The van der Waals surface area contributed by atoms with Gasteiger partial charge in [0.2, 0.25) is 5.89 Å². The summed E-state index contributed by atoms with van der Waals surface area (Å²) in [6.45, 7) is 5.18. The molecular formula is C24H28N4O3. The molecule has 2 heterocycles. The van der Waals surface area contributed by atoms with Crippen LogP contribution in [-0.2, 0) is 19.5 Å². The maximum absolute atomic E-state index is 5.88. The molecule has 0 radical (unpaired) electrons. The molecule has 31 heavy (non-hydrogen) atoms. The van der Waals surface area contributed by atoms with Gasteiger partial charge in [-0.3, -0.25) is 4.99 Å². The molecule has 4 rings (SSSR count). The van der Waals surface area contributed by atoms with Gasteiger partial charge in [0.15, 0.2) is 5.96 Å². The molecule has 0 aliphatic carbocycles. The Morgan fingerprint density at radius 3 is 2.71 bits per heavy atom. The third kappa shape index (κ3) is 4.82. The summed E-state index contributed by atoms with van der Waals surface area (Å²) in [6.07, 6.45) is 2.77. The standard InChI is InChI=1S/C24H28N4O3/c1-15-5-7-17(8-6-15)23-28-20(14-30-23)13-27-24(25-3)26-12-19-11-22-18(9-16(2)31-22)10-21(19)29-4/h5-8,10-11,14,16H,9,12-13H2,1-4H3,(H2,25,26,27). The monoisotopic (exact) mass is 420 g/mol. The number of nitrogens with zero attached hydrogens (tertiary/aromatic N) is 2. The number of ether oxygens (including phenoxy) is 2. The van der Waals surface area contributed by atoms with Crippen molar-refractivity contribution in [3.8, 4) is 23.0 Å². The molecule has 2 aromatic carbocycles. The zero-order valence-electron chi connectivity index (χ0n) is 18.4. The van der Waals surface area contributed by atoms with E-state index >= 15 is 0 Å². The van der Waals surface area contributed by atoms with Crippen LogP contribution in [-0.4, -0.2) is 31.2 Å². The van der Waals surface area contributed by atoms with Crippen LogP contribution in [0.15, 0.2) is 52.1 Å². The number of nitrogens with one attached hydrogen (secondary N) is 2. The topological polar surface area (TPSA) is 80.9 Å². The Morgan fingerprint density at radius 1 is 1.19 bits per heavy atom. The van der Waals surface area contributed by atoms with Gasteiger partial charge in [-0.25, -0.2) is 4.98 Å². The van der Waals surface area contributed by atoms with Crippen LogP contribution in [0.1, 0.15) is 29.3 Å². The van der Waals surface area contributed by atoms with Crippen LogP contribution in [0.4, 0.5) is 0 Å². The van der Waals surface area contributed by atoms with Gasteiger partial charge < -0.3 is 24.5 Å². The van der Waals surface area contributed by atoms with E-state index in [-0.39, 0.29) is 6.10 Å². The zero-order valence-corrected chi connectivity index (χ0v) is 18.4. The number of methoxy groups -OCH3 is 1. The number of aryl methyl sites for hydroxylation is 1. The normalized spacial score (nSPS) is 15.4. The third-order valence-electron chi connectivity index (χ3n) is 5.26. The van der Waals surface area contributed by atoms with Crippen molar-refractivity contribution >= 4 is 5.96 Å². The smallest absolute Gasteiger partial charge is 0.226 e. The number of oxazole rings is 1. The van der Waals surface area contributed by atoms with Crippen molar-refractivity contribution in [3.05, 3.63) is 65.0 Å². The van der Waals surface area contributed by atoms with Gasteiger partial charge in [-0.15, -0.1) is 0 Å². The Kier molecular flexibility index (Phi) is 6.11. The lowest BCUT2D eigenvalue weighted by atomic mass is 10.1. The van der Waals surface area contributed by atoms with Gasteiger partial charge >= 0.3 is 0 Å². The maximum Gasteiger partial charge on any atom is 0.226 e. The molecule has 1 aliphatic rings. The van der Waals surface area contributed by atoms with Crippen LogP contribution in [0.25, 0.3) is 11.5 Å². The predicted molar refractivity (Wildman–Crippen MR) is 121 cm³/mol. The van der Waals surface area contributed by atoms with E-state index in [1.807, 2.05) is 30.3 Å². The first-order valence-electron chi connectivity index (χ1n) is 10.4. The summed E-state index contributed by atoms with van der Waals surface area (Å²) in [5.41, 5.74) is 5.16. The summed E-state index contributed by atoms with van der Waals surface area (Å²) < 4.78 is 17.1. The number of benzene rings is 2. The quantitative estimate of drug-likeness (QED) is 0.466. The molecule has 0 bridgehead atoms. The van der Waals surface area contributed by atoms with Crippen molar-refractivity contribution in [2.45, 2.75) is 39.5 Å². The van der Waals surface area contributed by atoms with Crippen molar-refractivity contribution in [1.82, 2.24) is 15.6 Å². The third-order valence-corrected chi connectivity index (χ3v) is 5.26. The molecule has 1 aliphatic heterocycles. The molecule has 0 spiro atoms. The summed E-state index contributed by atoms with van der Waals surface area (Å²) >= 11 is 0. The second-order valence-electron chi connectivity index (χ2n) is 7.69. The van der Waals surface area contributed by atoms with Gasteiger partial charge in [-0.1, -0.05) is 17.7 Å². The number of hydrogen-bond donors (Lipinski definition) is 2. The summed E-state index contributed by atoms with van der Waals surface area (Å²) in [6, 6.07) is 12.2. The zero-order chi connectivity index (χ0) is 21.8. The Labute approximate surface area is 182 Å². The molecule has 3 aromatic rings. The van der Waals surface area contributed by atoms with Gasteiger partial charge in [0.25, 0.3) is 0 Å².